The third kappa shape index (κ3) is 5.94. The lowest BCUT2D eigenvalue weighted by atomic mass is 10.2. The fourth-order valence-electron chi connectivity index (χ4n) is 3.08. The third-order valence-electron chi connectivity index (χ3n) is 4.79. The Morgan fingerprint density at radius 3 is 2.69 bits per heavy atom. The van der Waals surface area contributed by atoms with E-state index in [9.17, 15) is 9.59 Å². The fraction of sp³-hybridized carbons (Fsp3) is 0.409. The molecule has 6 nitrogen and oxygen atoms in total. The maximum absolute atomic E-state index is 12.7. The van der Waals surface area contributed by atoms with E-state index in [2.05, 4.69) is 5.10 Å². The SMILES string of the molecule is CCOC(=O)CN(CC1CC1)C(=O)/C=C/c1c(C)nn(Cc2ccccc2)c1Cl. The van der Waals surface area contributed by atoms with Gasteiger partial charge < -0.3 is 9.64 Å². The van der Waals surface area contributed by atoms with Crippen LogP contribution in [0.3, 0.4) is 0 Å². The Bertz CT molecular complexity index is 888. The highest BCUT2D eigenvalue weighted by molar-refractivity contribution is 6.31. The molecule has 29 heavy (non-hydrogen) atoms. The van der Waals surface area contributed by atoms with Crippen LogP contribution in [0.4, 0.5) is 0 Å². The Labute approximate surface area is 176 Å². The van der Waals surface area contributed by atoms with Crippen LogP contribution in [0.15, 0.2) is 36.4 Å². The molecule has 1 fully saturated rings. The van der Waals surface area contributed by atoms with Crippen LogP contribution < -0.4 is 0 Å². The molecule has 7 heteroatoms. The van der Waals surface area contributed by atoms with E-state index >= 15 is 0 Å². The van der Waals surface area contributed by atoms with Gasteiger partial charge in [-0.05, 0) is 44.2 Å². The zero-order valence-electron chi connectivity index (χ0n) is 16.8. The van der Waals surface area contributed by atoms with Gasteiger partial charge in [-0.3, -0.25) is 9.59 Å². The lowest BCUT2D eigenvalue weighted by Gasteiger charge is -2.19. The molecule has 1 heterocycles. The van der Waals surface area contributed by atoms with Crippen LogP contribution in [0.5, 0.6) is 0 Å². The number of halogens is 1. The zero-order valence-corrected chi connectivity index (χ0v) is 17.6. The van der Waals surface area contributed by atoms with E-state index in [0.717, 1.165) is 24.1 Å². The molecule has 1 aliphatic rings. The summed E-state index contributed by atoms with van der Waals surface area (Å²) in [5, 5.41) is 4.97. The minimum absolute atomic E-state index is 0.0342. The second kappa shape index (κ2) is 9.74. The van der Waals surface area contributed by atoms with Crippen molar-refractivity contribution in [1.82, 2.24) is 14.7 Å². The van der Waals surface area contributed by atoms with Crippen molar-refractivity contribution < 1.29 is 14.3 Å². The molecule has 1 saturated carbocycles. The molecule has 1 aliphatic carbocycles. The molecule has 0 radical (unpaired) electrons. The minimum atomic E-state index is -0.389. The summed E-state index contributed by atoms with van der Waals surface area (Å²) in [5.74, 6) is -0.142. The van der Waals surface area contributed by atoms with Crippen molar-refractivity contribution in [3.05, 3.63) is 58.4 Å². The molecule has 1 aromatic heterocycles. The Morgan fingerprint density at radius 2 is 2.03 bits per heavy atom. The number of aryl methyl sites for hydroxylation is 1. The largest absolute Gasteiger partial charge is 0.465 e. The molecule has 3 rings (SSSR count). The van der Waals surface area contributed by atoms with Crippen molar-refractivity contribution in [3.8, 4) is 0 Å². The second-order valence-electron chi connectivity index (χ2n) is 7.23. The van der Waals surface area contributed by atoms with Crippen LogP contribution in [-0.2, 0) is 20.9 Å². The molecule has 1 aromatic carbocycles. The van der Waals surface area contributed by atoms with Crippen molar-refractivity contribution in [3.63, 3.8) is 0 Å². The smallest absolute Gasteiger partial charge is 0.325 e. The van der Waals surface area contributed by atoms with E-state index in [0.29, 0.717) is 36.3 Å². The lowest BCUT2D eigenvalue weighted by Crippen LogP contribution is -2.37. The van der Waals surface area contributed by atoms with Crippen LogP contribution in [0.1, 0.15) is 36.6 Å². The van der Waals surface area contributed by atoms with Gasteiger partial charge in [0.15, 0.2) is 0 Å². The highest BCUT2D eigenvalue weighted by Gasteiger charge is 2.27. The van der Waals surface area contributed by atoms with Gasteiger partial charge in [-0.25, -0.2) is 4.68 Å². The first-order chi connectivity index (χ1) is 14.0. The molecule has 0 N–H and O–H groups in total. The normalized spacial score (nSPS) is 13.6. The van der Waals surface area contributed by atoms with Gasteiger partial charge in [-0.1, -0.05) is 41.9 Å². The summed E-state index contributed by atoms with van der Waals surface area (Å²) in [4.78, 5) is 26.1. The van der Waals surface area contributed by atoms with Gasteiger partial charge in [0.2, 0.25) is 5.91 Å². The summed E-state index contributed by atoms with van der Waals surface area (Å²) in [6.45, 7) is 5.00. The molecule has 0 atom stereocenters. The Hall–Kier alpha value is -2.60. The molecule has 0 aliphatic heterocycles. The molecule has 0 bridgehead atoms. The number of hydrogen-bond acceptors (Lipinski definition) is 4. The Balaban J connectivity index is 1.71. The fourth-order valence-corrected chi connectivity index (χ4v) is 3.38. The predicted octanol–water partition coefficient (Wildman–Crippen LogP) is 3.71. The molecule has 0 unspecified atom stereocenters. The number of amides is 1. The second-order valence-corrected chi connectivity index (χ2v) is 7.59. The van der Waals surface area contributed by atoms with E-state index in [1.807, 2.05) is 37.3 Å². The van der Waals surface area contributed by atoms with E-state index in [4.69, 9.17) is 16.3 Å². The van der Waals surface area contributed by atoms with Crippen molar-refractivity contribution in [2.75, 3.05) is 19.7 Å². The van der Waals surface area contributed by atoms with Gasteiger partial charge >= 0.3 is 5.97 Å². The van der Waals surface area contributed by atoms with Crippen molar-refractivity contribution in [1.29, 1.82) is 0 Å². The number of hydrogen-bond donors (Lipinski definition) is 0. The number of benzene rings is 1. The maximum Gasteiger partial charge on any atom is 0.325 e. The lowest BCUT2D eigenvalue weighted by molar-refractivity contribution is -0.147. The van der Waals surface area contributed by atoms with Crippen LogP contribution in [0.25, 0.3) is 6.08 Å². The van der Waals surface area contributed by atoms with Gasteiger partial charge in [0, 0.05) is 18.2 Å². The summed E-state index contributed by atoms with van der Waals surface area (Å²) in [7, 11) is 0. The quantitative estimate of drug-likeness (QED) is 0.462. The van der Waals surface area contributed by atoms with Crippen LogP contribution in [-0.4, -0.2) is 46.3 Å². The summed E-state index contributed by atoms with van der Waals surface area (Å²) in [6, 6.07) is 9.92. The topological polar surface area (TPSA) is 64.4 Å². The molecule has 154 valence electrons. The average molecular weight is 416 g/mol. The van der Waals surface area contributed by atoms with Gasteiger partial charge in [0.1, 0.15) is 11.7 Å². The molecule has 0 spiro atoms. The average Bonchev–Trinajstić information content (AvgIpc) is 3.47. The Morgan fingerprint density at radius 1 is 1.31 bits per heavy atom. The first-order valence-electron chi connectivity index (χ1n) is 9.87. The van der Waals surface area contributed by atoms with Crippen LogP contribution >= 0.6 is 11.6 Å². The summed E-state index contributed by atoms with van der Waals surface area (Å²) < 4.78 is 6.71. The highest BCUT2D eigenvalue weighted by atomic mass is 35.5. The van der Waals surface area contributed by atoms with Crippen molar-refractivity contribution in [2.24, 2.45) is 5.92 Å². The first-order valence-corrected chi connectivity index (χ1v) is 10.2. The van der Waals surface area contributed by atoms with Gasteiger partial charge in [-0.2, -0.15) is 5.10 Å². The molecule has 0 saturated heterocycles. The number of carbonyl (C=O) groups excluding carboxylic acids is 2. The number of esters is 1. The van der Waals surface area contributed by atoms with E-state index < -0.39 is 0 Å². The predicted molar refractivity (Wildman–Crippen MR) is 112 cm³/mol. The molecular formula is C22H26ClN3O3. The molecule has 1 amide bonds. The van der Waals surface area contributed by atoms with Gasteiger partial charge in [0.25, 0.3) is 0 Å². The summed E-state index contributed by atoms with van der Waals surface area (Å²) in [5.41, 5.74) is 2.54. The van der Waals surface area contributed by atoms with Crippen molar-refractivity contribution >= 4 is 29.6 Å². The number of ether oxygens (including phenoxy) is 1. The number of aromatic nitrogens is 2. The van der Waals surface area contributed by atoms with E-state index in [1.165, 1.54) is 6.08 Å². The monoisotopic (exact) mass is 415 g/mol. The molecule has 2 aromatic rings. The van der Waals surface area contributed by atoms with Crippen LogP contribution in [0.2, 0.25) is 5.15 Å². The number of rotatable bonds is 9. The third-order valence-corrected chi connectivity index (χ3v) is 5.19. The molecular weight excluding hydrogens is 390 g/mol. The highest BCUT2D eigenvalue weighted by Crippen LogP contribution is 2.30. The van der Waals surface area contributed by atoms with Gasteiger partial charge in [0.05, 0.1) is 18.8 Å². The van der Waals surface area contributed by atoms with E-state index in [1.54, 1.807) is 22.6 Å². The first kappa shape index (κ1) is 21.1. The summed E-state index contributed by atoms with van der Waals surface area (Å²) in [6.07, 6.45) is 5.32. The van der Waals surface area contributed by atoms with Gasteiger partial charge in [-0.15, -0.1) is 0 Å². The Kier molecular flexibility index (Phi) is 7.09. The van der Waals surface area contributed by atoms with Crippen LogP contribution in [0, 0.1) is 12.8 Å². The minimum Gasteiger partial charge on any atom is -0.465 e. The standard InChI is InChI=1S/C22H26ClN3O3/c1-3-29-21(28)15-25(13-18-9-10-18)20(27)12-11-19-16(2)24-26(22(19)23)14-17-7-5-4-6-8-17/h4-8,11-12,18H,3,9-10,13-15H2,1-2H3/b12-11+. The van der Waals surface area contributed by atoms with Crippen molar-refractivity contribution in [2.45, 2.75) is 33.2 Å². The number of carbonyl (C=O) groups is 2. The maximum atomic E-state index is 12.7. The number of nitrogens with zero attached hydrogens (tertiary/aromatic N) is 3. The summed E-state index contributed by atoms with van der Waals surface area (Å²) >= 11 is 6.51. The zero-order chi connectivity index (χ0) is 20.8. The van der Waals surface area contributed by atoms with E-state index in [-0.39, 0.29) is 18.4 Å².